The first-order chi connectivity index (χ1) is 12.7. The highest BCUT2D eigenvalue weighted by Crippen LogP contribution is 2.34. The van der Waals surface area contributed by atoms with Gasteiger partial charge in [0.15, 0.2) is 0 Å². The van der Waals surface area contributed by atoms with Crippen LogP contribution in [0, 0.1) is 17.8 Å². The van der Waals surface area contributed by atoms with Crippen molar-refractivity contribution >= 4 is 5.91 Å². The quantitative estimate of drug-likeness (QED) is 0.849. The highest BCUT2D eigenvalue weighted by atomic mass is 16.5. The summed E-state index contributed by atoms with van der Waals surface area (Å²) in [4.78, 5) is 15.2. The molecule has 1 aliphatic carbocycles. The number of nitrogens with zero attached hydrogens (tertiary/aromatic N) is 1. The fraction of sp³-hybridized carbons (Fsp3) is 0.667. The van der Waals surface area contributed by atoms with Crippen LogP contribution in [-0.2, 0) is 16.1 Å². The van der Waals surface area contributed by atoms with Crippen molar-refractivity contribution in [1.29, 1.82) is 0 Å². The van der Waals surface area contributed by atoms with E-state index < -0.39 is 0 Å². The van der Waals surface area contributed by atoms with Crippen LogP contribution in [0.15, 0.2) is 24.3 Å². The van der Waals surface area contributed by atoms with Gasteiger partial charge in [0, 0.05) is 44.6 Å². The third-order valence-corrected chi connectivity index (χ3v) is 6.12. The van der Waals surface area contributed by atoms with Crippen molar-refractivity contribution in [2.24, 2.45) is 17.8 Å². The van der Waals surface area contributed by atoms with Crippen LogP contribution >= 0.6 is 0 Å². The van der Waals surface area contributed by atoms with Crippen molar-refractivity contribution < 1.29 is 14.3 Å². The summed E-state index contributed by atoms with van der Waals surface area (Å²) < 4.78 is 11.2. The van der Waals surface area contributed by atoms with Gasteiger partial charge < -0.3 is 14.8 Å². The lowest BCUT2D eigenvalue weighted by atomic mass is 9.79. The zero-order chi connectivity index (χ0) is 17.9. The predicted molar refractivity (Wildman–Crippen MR) is 100.0 cm³/mol. The number of carbonyl (C=O) groups excluding carboxylic acids is 1. The average molecular weight is 358 g/mol. The van der Waals surface area contributed by atoms with Gasteiger partial charge in [0.05, 0.1) is 13.2 Å². The van der Waals surface area contributed by atoms with Crippen LogP contribution in [0.5, 0.6) is 5.75 Å². The standard InChI is InChI=1S/C21H30N2O3/c1-25-17-6-4-16(5-7-17)13-23-10-8-20-19(14-23)18(9-11-26-20)21(24)22-12-15-2-3-15/h4-7,15,18-20H,2-3,8-14H2,1H3,(H,22,24)/t18-,19+,20-/m1/s1. The molecule has 5 nitrogen and oxygen atoms in total. The van der Waals surface area contributed by atoms with Gasteiger partial charge >= 0.3 is 0 Å². The number of ether oxygens (including phenoxy) is 2. The largest absolute Gasteiger partial charge is 0.497 e. The highest BCUT2D eigenvalue weighted by Gasteiger charge is 2.41. The van der Waals surface area contributed by atoms with E-state index in [2.05, 4.69) is 22.3 Å². The van der Waals surface area contributed by atoms with Crippen LogP contribution in [0.3, 0.4) is 0 Å². The molecule has 1 saturated carbocycles. The monoisotopic (exact) mass is 358 g/mol. The molecule has 3 fully saturated rings. The first-order valence-corrected chi connectivity index (χ1v) is 9.97. The number of hydrogen-bond donors (Lipinski definition) is 1. The minimum atomic E-state index is 0.103. The van der Waals surface area contributed by atoms with Crippen molar-refractivity contribution in [3.63, 3.8) is 0 Å². The maximum atomic E-state index is 12.7. The molecule has 0 bridgehead atoms. The van der Waals surface area contributed by atoms with Gasteiger partial charge in [-0.05, 0) is 49.3 Å². The van der Waals surface area contributed by atoms with Crippen LogP contribution in [0.2, 0.25) is 0 Å². The Hall–Kier alpha value is -1.59. The molecule has 3 aliphatic rings. The molecule has 5 heteroatoms. The average Bonchev–Trinajstić information content (AvgIpc) is 3.51. The topological polar surface area (TPSA) is 50.8 Å². The fourth-order valence-corrected chi connectivity index (χ4v) is 4.34. The van der Waals surface area contributed by atoms with E-state index in [0.29, 0.717) is 5.92 Å². The Morgan fingerprint density at radius 1 is 1.23 bits per heavy atom. The molecule has 4 rings (SSSR count). The number of fused-ring (bicyclic) bond motifs is 1. The minimum Gasteiger partial charge on any atom is -0.497 e. The second-order valence-corrected chi connectivity index (χ2v) is 8.03. The molecule has 0 radical (unpaired) electrons. The Kier molecular flexibility index (Phi) is 5.46. The number of piperidine rings is 1. The van der Waals surface area contributed by atoms with E-state index in [-0.39, 0.29) is 17.9 Å². The molecule has 1 aromatic rings. The number of methoxy groups -OCH3 is 1. The van der Waals surface area contributed by atoms with Gasteiger partial charge in [-0.1, -0.05) is 12.1 Å². The number of benzene rings is 1. The maximum absolute atomic E-state index is 12.7. The third-order valence-electron chi connectivity index (χ3n) is 6.12. The number of nitrogens with one attached hydrogen (secondary N) is 1. The normalized spacial score (nSPS) is 29.0. The molecule has 2 saturated heterocycles. The molecule has 26 heavy (non-hydrogen) atoms. The second kappa shape index (κ2) is 7.97. The summed E-state index contributed by atoms with van der Waals surface area (Å²) in [6, 6.07) is 8.28. The summed E-state index contributed by atoms with van der Waals surface area (Å²) in [5.41, 5.74) is 1.29. The smallest absolute Gasteiger partial charge is 0.223 e. The minimum absolute atomic E-state index is 0.103. The summed E-state index contributed by atoms with van der Waals surface area (Å²) in [5.74, 6) is 2.29. The molecule has 2 aliphatic heterocycles. The zero-order valence-electron chi connectivity index (χ0n) is 15.7. The van der Waals surface area contributed by atoms with E-state index in [0.717, 1.165) is 57.3 Å². The lowest BCUT2D eigenvalue weighted by molar-refractivity contribution is -0.142. The molecule has 1 aromatic carbocycles. The zero-order valence-corrected chi connectivity index (χ0v) is 15.7. The Balaban J connectivity index is 1.36. The number of likely N-dealkylation sites (tertiary alicyclic amines) is 1. The van der Waals surface area contributed by atoms with Gasteiger partial charge in [0.1, 0.15) is 5.75 Å². The first-order valence-electron chi connectivity index (χ1n) is 9.97. The molecular formula is C21H30N2O3. The SMILES string of the molecule is COc1ccc(CN2CC[C@H]3OCC[C@@H](C(=O)NCC4CC4)[C@@H]3C2)cc1. The van der Waals surface area contributed by atoms with Gasteiger partial charge in [-0.15, -0.1) is 0 Å². The summed E-state index contributed by atoms with van der Waals surface area (Å²) in [6.45, 7) is 4.48. The fourth-order valence-electron chi connectivity index (χ4n) is 4.34. The van der Waals surface area contributed by atoms with Crippen molar-refractivity contribution in [3.8, 4) is 5.75 Å². The lowest BCUT2D eigenvalue weighted by Gasteiger charge is -2.44. The van der Waals surface area contributed by atoms with Crippen molar-refractivity contribution in [1.82, 2.24) is 10.2 Å². The van der Waals surface area contributed by atoms with Gasteiger partial charge in [-0.2, -0.15) is 0 Å². The van der Waals surface area contributed by atoms with Crippen LogP contribution < -0.4 is 10.1 Å². The molecule has 0 spiro atoms. The van der Waals surface area contributed by atoms with Gasteiger partial charge in [-0.25, -0.2) is 0 Å². The molecular weight excluding hydrogens is 328 g/mol. The number of rotatable bonds is 6. The lowest BCUT2D eigenvalue weighted by Crippen LogP contribution is -2.53. The van der Waals surface area contributed by atoms with Crippen molar-refractivity contribution in [3.05, 3.63) is 29.8 Å². The maximum Gasteiger partial charge on any atom is 0.223 e. The summed E-state index contributed by atoms with van der Waals surface area (Å²) in [5, 5.41) is 3.20. The number of amides is 1. The second-order valence-electron chi connectivity index (χ2n) is 8.03. The van der Waals surface area contributed by atoms with Crippen molar-refractivity contribution in [2.45, 2.75) is 38.3 Å². The van der Waals surface area contributed by atoms with E-state index in [4.69, 9.17) is 9.47 Å². The molecule has 1 amide bonds. The predicted octanol–water partition coefficient (Wildman–Crippen LogP) is 2.45. The first kappa shape index (κ1) is 17.8. The molecule has 3 atom stereocenters. The Labute approximate surface area is 156 Å². The molecule has 0 aromatic heterocycles. The van der Waals surface area contributed by atoms with Gasteiger partial charge in [0.25, 0.3) is 0 Å². The molecule has 2 heterocycles. The van der Waals surface area contributed by atoms with Crippen molar-refractivity contribution in [2.75, 3.05) is 33.4 Å². The van der Waals surface area contributed by atoms with Gasteiger partial charge in [-0.3, -0.25) is 9.69 Å². The van der Waals surface area contributed by atoms with Crippen LogP contribution in [0.1, 0.15) is 31.2 Å². The third kappa shape index (κ3) is 4.21. The molecule has 142 valence electrons. The number of carbonyl (C=O) groups is 1. The Bertz CT molecular complexity index is 614. The van der Waals surface area contributed by atoms with E-state index >= 15 is 0 Å². The molecule has 0 unspecified atom stereocenters. The van der Waals surface area contributed by atoms with Crippen LogP contribution in [0.25, 0.3) is 0 Å². The Morgan fingerprint density at radius 3 is 2.77 bits per heavy atom. The van der Waals surface area contributed by atoms with Crippen LogP contribution in [-0.4, -0.2) is 50.3 Å². The number of hydrogen-bond acceptors (Lipinski definition) is 4. The summed E-state index contributed by atoms with van der Waals surface area (Å²) in [6.07, 6.45) is 4.67. The van der Waals surface area contributed by atoms with E-state index in [1.165, 1.54) is 18.4 Å². The van der Waals surface area contributed by atoms with E-state index in [9.17, 15) is 4.79 Å². The van der Waals surface area contributed by atoms with E-state index in [1.54, 1.807) is 7.11 Å². The highest BCUT2D eigenvalue weighted by molar-refractivity contribution is 5.79. The van der Waals surface area contributed by atoms with E-state index in [1.807, 2.05) is 12.1 Å². The molecule has 1 N–H and O–H groups in total. The van der Waals surface area contributed by atoms with Crippen LogP contribution in [0.4, 0.5) is 0 Å². The Morgan fingerprint density at radius 2 is 2.04 bits per heavy atom. The summed E-state index contributed by atoms with van der Waals surface area (Å²) >= 11 is 0. The summed E-state index contributed by atoms with van der Waals surface area (Å²) in [7, 11) is 1.69. The van der Waals surface area contributed by atoms with Gasteiger partial charge in [0.2, 0.25) is 5.91 Å².